The molecular weight excluding hydrogens is 420 g/mol. The van der Waals surface area contributed by atoms with E-state index < -0.39 is 5.97 Å². The highest BCUT2D eigenvalue weighted by molar-refractivity contribution is 7.15. The number of benzene rings is 1. The van der Waals surface area contributed by atoms with Gasteiger partial charge in [0.15, 0.2) is 11.5 Å². The molecule has 1 fully saturated rings. The maximum absolute atomic E-state index is 12.8. The van der Waals surface area contributed by atoms with E-state index in [4.69, 9.17) is 18.9 Å². The van der Waals surface area contributed by atoms with E-state index in [1.807, 2.05) is 23.3 Å². The number of methoxy groups -OCH3 is 2. The largest absolute Gasteiger partial charge is 0.493 e. The summed E-state index contributed by atoms with van der Waals surface area (Å²) in [6.45, 7) is 6.20. The molecule has 1 N–H and O–H groups in total. The number of anilines is 1. The molecule has 2 heterocycles. The first-order valence-corrected chi connectivity index (χ1v) is 11.0. The van der Waals surface area contributed by atoms with Gasteiger partial charge in [-0.1, -0.05) is 6.07 Å². The summed E-state index contributed by atoms with van der Waals surface area (Å²) in [4.78, 5) is 27.5. The lowest BCUT2D eigenvalue weighted by Gasteiger charge is -2.30. The van der Waals surface area contributed by atoms with E-state index in [2.05, 4.69) is 5.32 Å². The lowest BCUT2D eigenvalue weighted by Crippen LogP contribution is -2.44. The van der Waals surface area contributed by atoms with Crippen LogP contribution in [-0.4, -0.2) is 69.9 Å². The van der Waals surface area contributed by atoms with Crippen LogP contribution in [0.25, 0.3) is 11.1 Å². The Morgan fingerprint density at radius 1 is 1.26 bits per heavy atom. The fraction of sp³-hybridized carbons (Fsp3) is 0.455. The molecule has 1 aromatic heterocycles. The predicted octanol–water partition coefficient (Wildman–Crippen LogP) is 3.27. The van der Waals surface area contributed by atoms with E-state index in [-0.39, 0.29) is 25.2 Å². The second-order valence-electron chi connectivity index (χ2n) is 7.11. The molecule has 168 valence electrons. The molecule has 3 rings (SSSR count). The molecule has 1 aliphatic rings. The van der Waals surface area contributed by atoms with E-state index >= 15 is 0 Å². The van der Waals surface area contributed by atoms with Crippen LogP contribution in [0.4, 0.5) is 5.00 Å². The molecule has 2 aromatic rings. The van der Waals surface area contributed by atoms with Gasteiger partial charge in [0.2, 0.25) is 5.91 Å². The van der Waals surface area contributed by atoms with E-state index in [9.17, 15) is 9.59 Å². The summed E-state index contributed by atoms with van der Waals surface area (Å²) in [6.07, 6.45) is 0.0926. The van der Waals surface area contributed by atoms with Crippen LogP contribution < -0.4 is 14.8 Å². The number of rotatable bonds is 8. The number of hydrogen-bond donors (Lipinski definition) is 1. The fourth-order valence-corrected chi connectivity index (χ4v) is 4.45. The minimum absolute atomic E-state index is 0.0926. The van der Waals surface area contributed by atoms with Gasteiger partial charge in [-0.25, -0.2) is 4.79 Å². The maximum atomic E-state index is 12.8. The number of amides is 1. The van der Waals surface area contributed by atoms with Crippen LogP contribution in [0.3, 0.4) is 0 Å². The van der Waals surface area contributed by atoms with Crippen molar-refractivity contribution in [3.63, 3.8) is 0 Å². The number of nitrogens with one attached hydrogen (secondary N) is 1. The number of nitrogens with zero attached hydrogens (tertiary/aromatic N) is 1. The van der Waals surface area contributed by atoms with Crippen molar-refractivity contribution >= 4 is 28.2 Å². The van der Waals surface area contributed by atoms with Gasteiger partial charge in [0.25, 0.3) is 0 Å². The SMILES string of the molecule is CCOC(=O)c1c(-c2ccc(OC)c(OC)c2)csc1NC(=O)CN1CCOC(C)C1. The van der Waals surface area contributed by atoms with Gasteiger partial charge in [-0.05, 0) is 31.5 Å². The van der Waals surface area contributed by atoms with E-state index in [0.717, 1.165) is 5.56 Å². The summed E-state index contributed by atoms with van der Waals surface area (Å²) in [5.41, 5.74) is 1.77. The highest BCUT2D eigenvalue weighted by Crippen LogP contribution is 2.39. The molecule has 8 nitrogen and oxygen atoms in total. The Bertz CT molecular complexity index is 929. The van der Waals surface area contributed by atoms with Gasteiger partial charge in [-0.2, -0.15) is 0 Å². The zero-order chi connectivity index (χ0) is 22.4. The van der Waals surface area contributed by atoms with E-state index in [1.165, 1.54) is 11.3 Å². The zero-order valence-corrected chi connectivity index (χ0v) is 19.0. The number of esters is 1. The topological polar surface area (TPSA) is 86.3 Å². The Hall–Kier alpha value is -2.62. The van der Waals surface area contributed by atoms with Gasteiger partial charge in [-0.15, -0.1) is 11.3 Å². The number of hydrogen-bond acceptors (Lipinski definition) is 8. The van der Waals surface area contributed by atoms with Crippen molar-refractivity contribution in [3.8, 4) is 22.6 Å². The van der Waals surface area contributed by atoms with E-state index in [0.29, 0.717) is 47.3 Å². The molecule has 1 aliphatic heterocycles. The fourth-order valence-electron chi connectivity index (χ4n) is 3.48. The number of morpholine rings is 1. The Balaban J connectivity index is 1.87. The van der Waals surface area contributed by atoms with Crippen LogP contribution >= 0.6 is 11.3 Å². The van der Waals surface area contributed by atoms with Crippen molar-refractivity contribution in [1.29, 1.82) is 0 Å². The van der Waals surface area contributed by atoms with Gasteiger partial charge in [-0.3, -0.25) is 9.69 Å². The number of ether oxygens (including phenoxy) is 4. The second kappa shape index (κ2) is 10.6. The molecule has 1 amide bonds. The smallest absolute Gasteiger partial charge is 0.341 e. The van der Waals surface area contributed by atoms with Crippen LogP contribution in [0.1, 0.15) is 24.2 Å². The normalized spacial score (nSPS) is 16.6. The lowest BCUT2D eigenvalue weighted by molar-refractivity contribution is -0.119. The minimum atomic E-state index is -0.483. The Morgan fingerprint density at radius 3 is 2.71 bits per heavy atom. The molecule has 0 aliphatic carbocycles. The van der Waals surface area contributed by atoms with E-state index in [1.54, 1.807) is 33.3 Å². The van der Waals surface area contributed by atoms with Crippen molar-refractivity contribution in [2.24, 2.45) is 0 Å². The summed E-state index contributed by atoms with van der Waals surface area (Å²) in [5, 5.41) is 5.19. The van der Waals surface area contributed by atoms with Crippen LogP contribution in [0.2, 0.25) is 0 Å². The standard InChI is InChI=1S/C22H28N2O6S/c1-5-29-22(26)20-16(15-6-7-17(27-3)18(10-15)28-4)13-31-21(20)23-19(25)12-24-8-9-30-14(2)11-24/h6-7,10,13-14H,5,8-9,11-12H2,1-4H3,(H,23,25). The van der Waals surface area contributed by atoms with Crippen molar-refractivity contribution < 1.29 is 28.5 Å². The van der Waals surface area contributed by atoms with Crippen LogP contribution in [0.5, 0.6) is 11.5 Å². The third kappa shape index (κ3) is 5.55. The highest BCUT2D eigenvalue weighted by atomic mass is 32.1. The van der Waals surface area contributed by atoms with Crippen molar-refractivity contribution in [3.05, 3.63) is 29.1 Å². The van der Waals surface area contributed by atoms with Gasteiger partial charge in [0, 0.05) is 24.0 Å². The molecular formula is C22H28N2O6S. The van der Waals surface area contributed by atoms with Crippen molar-refractivity contribution in [2.45, 2.75) is 20.0 Å². The van der Waals surface area contributed by atoms with Gasteiger partial charge >= 0.3 is 5.97 Å². The average Bonchev–Trinajstić information content (AvgIpc) is 3.16. The van der Waals surface area contributed by atoms with Crippen LogP contribution in [0, 0.1) is 0 Å². The summed E-state index contributed by atoms with van der Waals surface area (Å²) in [5.74, 6) is 0.477. The monoisotopic (exact) mass is 448 g/mol. The first-order chi connectivity index (χ1) is 15.0. The first-order valence-electron chi connectivity index (χ1n) is 10.1. The maximum Gasteiger partial charge on any atom is 0.341 e. The lowest BCUT2D eigenvalue weighted by atomic mass is 10.0. The van der Waals surface area contributed by atoms with Gasteiger partial charge < -0.3 is 24.3 Å². The average molecular weight is 449 g/mol. The summed E-state index contributed by atoms with van der Waals surface area (Å²) in [7, 11) is 3.12. The molecule has 0 radical (unpaired) electrons. The number of thiophene rings is 1. The third-order valence-electron chi connectivity index (χ3n) is 4.91. The summed E-state index contributed by atoms with van der Waals surface area (Å²) in [6, 6.07) is 5.41. The number of carbonyl (C=O) groups excluding carboxylic acids is 2. The minimum Gasteiger partial charge on any atom is -0.493 e. The van der Waals surface area contributed by atoms with Gasteiger partial charge in [0.05, 0.1) is 40.1 Å². The quantitative estimate of drug-likeness (QED) is 0.620. The van der Waals surface area contributed by atoms with Crippen LogP contribution in [-0.2, 0) is 14.3 Å². The third-order valence-corrected chi connectivity index (χ3v) is 5.81. The molecule has 1 unspecified atom stereocenters. The second-order valence-corrected chi connectivity index (χ2v) is 7.99. The molecule has 0 spiro atoms. The predicted molar refractivity (Wildman–Crippen MR) is 119 cm³/mol. The summed E-state index contributed by atoms with van der Waals surface area (Å²) < 4.78 is 21.5. The highest BCUT2D eigenvalue weighted by Gasteiger charge is 2.25. The Kier molecular flexibility index (Phi) is 7.89. The molecule has 0 bridgehead atoms. The van der Waals surface area contributed by atoms with Crippen molar-refractivity contribution in [2.75, 3.05) is 52.4 Å². The Labute approximate surface area is 186 Å². The molecule has 1 aromatic carbocycles. The molecule has 1 atom stereocenters. The van der Waals surface area contributed by atoms with Crippen LogP contribution in [0.15, 0.2) is 23.6 Å². The van der Waals surface area contributed by atoms with Crippen molar-refractivity contribution in [1.82, 2.24) is 4.90 Å². The molecule has 9 heteroatoms. The molecule has 0 saturated carbocycles. The number of carbonyl (C=O) groups is 2. The zero-order valence-electron chi connectivity index (χ0n) is 18.2. The first kappa shape index (κ1) is 23.1. The van der Waals surface area contributed by atoms with Gasteiger partial charge in [0.1, 0.15) is 10.6 Å². The summed E-state index contributed by atoms with van der Waals surface area (Å²) >= 11 is 1.29. The Morgan fingerprint density at radius 2 is 2.03 bits per heavy atom. The molecule has 31 heavy (non-hydrogen) atoms. The molecule has 1 saturated heterocycles.